The molecule has 0 saturated carbocycles. The lowest BCUT2D eigenvalue weighted by molar-refractivity contribution is 0.145. The van der Waals surface area contributed by atoms with Crippen molar-refractivity contribution >= 4 is 23.1 Å². The zero-order valence-corrected chi connectivity index (χ0v) is 13.4. The molecule has 0 aromatic carbocycles. The van der Waals surface area contributed by atoms with Crippen molar-refractivity contribution in [2.75, 3.05) is 50.8 Å². The third-order valence-electron chi connectivity index (χ3n) is 3.49. The van der Waals surface area contributed by atoms with Crippen LogP contribution < -0.4 is 10.2 Å². The SMILES string of the molecule is CCOCCCNC(=S)N1CCN(c2ccccn2)CC1. The molecule has 1 fully saturated rings. The van der Waals surface area contributed by atoms with Crippen molar-refractivity contribution in [2.24, 2.45) is 0 Å². The molecule has 5 nitrogen and oxygen atoms in total. The first-order valence-corrected chi connectivity index (χ1v) is 7.98. The molecule has 2 rings (SSSR count). The lowest BCUT2D eigenvalue weighted by Crippen LogP contribution is -2.52. The second kappa shape index (κ2) is 8.79. The fourth-order valence-electron chi connectivity index (χ4n) is 2.31. The molecule has 0 aliphatic carbocycles. The summed E-state index contributed by atoms with van der Waals surface area (Å²) in [6, 6.07) is 6.03. The highest BCUT2D eigenvalue weighted by Gasteiger charge is 2.19. The maximum atomic E-state index is 5.45. The summed E-state index contributed by atoms with van der Waals surface area (Å²) in [5, 5.41) is 4.16. The van der Waals surface area contributed by atoms with E-state index in [4.69, 9.17) is 17.0 Å². The average Bonchev–Trinajstić information content (AvgIpc) is 2.55. The molecule has 0 radical (unpaired) electrons. The van der Waals surface area contributed by atoms with Gasteiger partial charge in [0.25, 0.3) is 0 Å². The first-order chi connectivity index (χ1) is 10.3. The Hall–Kier alpha value is -1.40. The van der Waals surface area contributed by atoms with Crippen LogP contribution in [0.1, 0.15) is 13.3 Å². The summed E-state index contributed by atoms with van der Waals surface area (Å²) in [5.41, 5.74) is 0. The Morgan fingerprint density at radius 2 is 2.14 bits per heavy atom. The highest BCUT2D eigenvalue weighted by atomic mass is 32.1. The van der Waals surface area contributed by atoms with Crippen LogP contribution in [0.5, 0.6) is 0 Å². The summed E-state index contributed by atoms with van der Waals surface area (Å²) >= 11 is 5.45. The molecule has 1 saturated heterocycles. The molecule has 21 heavy (non-hydrogen) atoms. The summed E-state index contributed by atoms with van der Waals surface area (Å²) < 4.78 is 5.31. The molecule has 1 N–H and O–H groups in total. The molecule has 1 aromatic rings. The Kier molecular flexibility index (Phi) is 6.69. The summed E-state index contributed by atoms with van der Waals surface area (Å²) in [4.78, 5) is 8.93. The fraction of sp³-hybridized carbons (Fsp3) is 0.600. The van der Waals surface area contributed by atoms with Gasteiger partial charge in [-0.25, -0.2) is 4.98 Å². The molecule has 1 aromatic heterocycles. The van der Waals surface area contributed by atoms with Gasteiger partial charge in [0.1, 0.15) is 5.82 Å². The normalized spacial score (nSPS) is 15.1. The van der Waals surface area contributed by atoms with Crippen LogP contribution in [0, 0.1) is 0 Å². The molecule has 2 heterocycles. The molecule has 1 aliphatic heterocycles. The van der Waals surface area contributed by atoms with E-state index in [0.29, 0.717) is 0 Å². The number of thiocarbonyl (C=S) groups is 1. The van der Waals surface area contributed by atoms with Crippen LogP contribution in [-0.4, -0.2) is 60.9 Å². The van der Waals surface area contributed by atoms with E-state index < -0.39 is 0 Å². The number of aromatic nitrogens is 1. The van der Waals surface area contributed by atoms with Gasteiger partial charge >= 0.3 is 0 Å². The van der Waals surface area contributed by atoms with Crippen LogP contribution in [-0.2, 0) is 4.74 Å². The summed E-state index contributed by atoms with van der Waals surface area (Å²) in [6.45, 7) is 8.25. The quantitative estimate of drug-likeness (QED) is 0.634. The van der Waals surface area contributed by atoms with E-state index in [-0.39, 0.29) is 0 Å². The van der Waals surface area contributed by atoms with Gasteiger partial charge in [-0.15, -0.1) is 0 Å². The van der Waals surface area contributed by atoms with Gasteiger partial charge in [-0.3, -0.25) is 0 Å². The van der Waals surface area contributed by atoms with Crippen LogP contribution >= 0.6 is 12.2 Å². The van der Waals surface area contributed by atoms with Gasteiger partial charge in [-0.2, -0.15) is 0 Å². The van der Waals surface area contributed by atoms with Crippen molar-refractivity contribution in [3.63, 3.8) is 0 Å². The molecular formula is C15H24N4OS. The van der Waals surface area contributed by atoms with Crippen LogP contribution in [0.2, 0.25) is 0 Å². The lowest BCUT2D eigenvalue weighted by Gasteiger charge is -2.36. The number of hydrogen-bond donors (Lipinski definition) is 1. The molecule has 116 valence electrons. The minimum absolute atomic E-state index is 0.778. The Labute approximate surface area is 132 Å². The Morgan fingerprint density at radius 3 is 2.81 bits per heavy atom. The van der Waals surface area contributed by atoms with Gasteiger partial charge in [0.2, 0.25) is 0 Å². The van der Waals surface area contributed by atoms with Gasteiger partial charge in [0.15, 0.2) is 5.11 Å². The number of rotatable bonds is 6. The summed E-state index contributed by atoms with van der Waals surface area (Å²) in [5.74, 6) is 1.05. The van der Waals surface area contributed by atoms with Crippen molar-refractivity contribution in [1.82, 2.24) is 15.2 Å². The third kappa shape index (κ3) is 5.13. The minimum atomic E-state index is 0.778. The largest absolute Gasteiger partial charge is 0.382 e. The lowest BCUT2D eigenvalue weighted by atomic mass is 10.3. The first kappa shape index (κ1) is 16.0. The van der Waals surface area contributed by atoms with Crippen molar-refractivity contribution in [1.29, 1.82) is 0 Å². The predicted molar refractivity (Wildman–Crippen MR) is 89.7 cm³/mol. The number of pyridine rings is 1. The van der Waals surface area contributed by atoms with E-state index in [1.807, 2.05) is 25.3 Å². The number of anilines is 1. The third-order valence-corrected chi connectivity index (χ3v) is 3.89. The zero-order chi connectivity index (χ0) is 14.9. The van der Waals surface area contributed by atoms with Crippen molar-refractivity contribution in [3.8, 4) is 0 Å². The first-order valence-electron chi connectivity index (χ1n) is 7.57. The Morgan fingerprint density at radius 1 is 1.33 bits per heavy atom. The van der Waals surface area contributed by atoms with E-state index >= 15 is 0 Å². The van der Waals surface area contributed by atoms with Crippen LogP contribution in [0.25, 0.3) is 0 Å². The highest BCUT2D eigenvalue weighted by molar-refractivity contribution is 7.80. The smallest absolute Gasteiger partial charge is 0.169 e. The van der Waals surface area contributed by atoms with E-state index in [0.717, 1.165) is 63.3 Å². The van der Waals surface area contributed by atoms with Crippen molar-refractivity contribution < 1.29 is 4.74 Å². The van der Waals surface area contributed by atoms with Crippen LogP contribution in [0.15, 0.2) is 24.4 Å². The summed E-state index contributed by atoms with van der Waals surface area (Å²) in [7, 11) is 0. The van der Waals surface area contributed by atoms with E-state index in [9.17, 15) is 0 Å². The number of nitrogens with one attached hydrogen (secondary N) is 1. The number of ether oxygens (including phenoxy) is 1. The van der Waals surface area contributed by atoms with Crippen LogP contribution in [0.4, 0.5) is 5.82 Å². The second-order valence-electron chi connectivity index (χ2n) is 4.94. The average molecular weight is 308 g/mol. The molecule has 0 amide bonds. The van der Waals surface area contributed by atoms with E-state index in [1.165, 1.54) is 0 Å². The van der Waals surface area contributed by atoms with Crippen molar-refractivity contribution in [2.45, 2.75) is 13.3 Å². The van der Waals surface area contributed by atoms with Gasteiger partial charge in [0, 0.05) is 52.1 Å². The monoisotopic (exact) mass is 308 g/mol. The second-order valence-corrected chi connectivity index (χ2v) is 5.33. The summed E-state index contributed by atoms with van der Waals surface area (Å²) in [6.07, 6.45) is 2.83. The maximum absolute atomic E-state index is 5.45. The number of piperazine rings is 1. The molecular weight excluding hydrogens is 284 g/mol. The Bertz CT molecular complexity index is 421. The molecule has 0 atom stereocenters. The van der Waals surface area contributed by atoms with Crippen LogP contribution in [0.3, 0.4) is 0 Å². The molecule has 6 heteroatoms. The Balaban J connectivity index is 1.67. The predicted octanol–water partition coefficient (Wildman–Crippen LogP) is 1.50. The number of nitrogens with zero attached hydrogens (tertiary/aromatic N) is 3. The molecule has 0 bridgehead atoms. The van der Waals surface area contributed by atoms with Gasteiger partial charge < -0.3 is 19.9 Å². The fourth-order valence-corrected chi connectivity index (χ4v) is 2.59. The number of hydrogen-bond acceptors (Lipinski definition) is 4. The van der Waals surface area contributed by atoms with E-state index in [1.54, 1.807) is 0 Å². The maximum Gasteiger partial charge on any atom is 0.169 e. The molecule has 0 spiro atoms. The molecule has 1 aliphatic rings. The topological polar surface area (TPSA) is 40.6 Å². The molecule has 0 unspecified atom stereocenters. The van der Waals surface area contributed by atoms with Gasteiger partial charge in [-0.05, 0) is 37.7 Å². The van der Waals surface area contributed by atoms with Gasteiger partial charge in [0.05, 0.1) is 0 Å². The van der Waals surface area contributed by atoms with E-state index in [2.05, 4.69) is 26.2 Å². The highest BCUT2D eigenvalue weighted by Crippen LogP contribution is 2.12. The van der Waals surface area contributed by atoms with Crippen molar-refractivity contribution in [3.05, 3.63) is 24.4 Å². The van der Waals surface area contributed by atoms with Gasteiger partial charge in [-0.1, -0.05) is 6.07 Å². The standard InChI is InChI=1S/C15H24N4OS/c1-2-20-13-5-8-17-15(21)19-11-9-18(10-12-19)14-6-3-4-7-16-14/h3-4,6-7H,2,5,8-13H2,1H3,(H,17,21). The zero-order valence-electron chi connectivity index (χ0n) is 12.6. The minimum Gasteiger partial charge on any atom is -0.382 e.